The van der Waals surface area contributed by atoms with Crippen LogP contribution in [0, 0.1) is 0 Å². The molecule has 0 amide bonds. The highest BCUT2D eigenvalue weighted by Crippen LogP contribution is 2.15. The van der Waals surface area contributed by atoms with E-state index < -0.39 is 0 Å². The van der Waals surface area contributed by atoms with E-state index in [1.165, 1.54) is 6.33 Å². The van der Waals surface area contributed by atoms with Crippen LogP contribution in [0.25, 0.3) is 12.2 Å². The maximum absolute atomic E-state index is 8.90. The summed E-state index contributed by atoms with van der Waals surface area (Å²) >= 11 is 0. The van der Waals surface area contributed by atoms with Gasteiger partial charge in [-0.3, -0.25) is 0 Å². The zero-order valence-corrected chi connectivity index (χ0v) is 10.9. The van der Waals surface area contributed by atoms with Crippen molar-refractivity contribution in [3.8, 4) is 0 Å². The average Bonchev–Trinajstić information content (AvgIpc) is 2.47. The number of likely N-dealkylation sites (N-methyl/N-ethyl adjacent to an activating group) is 1. The molecule has 98 valence electrons. The Kier molecular flexibility index (Phi) is 4.64. The normalized spacial score (nSPS) is 10.8. The molecule has 0 bridgehead atoms. The van der Waals surface area contributed by atoms with Gasteiger partial charge in [0.05, 0.1) is 12.3 Å². The number of anilines is 1. The monoisotopic (exact) mass is 255 g/mol. The van der Waals surface area contributed by atoms with Crippen molar-refractivity contribution in [2.24, 2.45) is 0 Å². The number of benzene rings is 1. The predicted octanol–water partition coefficient (Wildman–Crippen LogP) is 2.08. The van der Waals surface area contributed by atoms with Gasteiger partial charge in [-0.25, -0.2) is 9.97 Å². The van der Waals surface area contributed by atoms with E-state index in [1.807, 2.05) is 54.4 Å². The van der Waals surface area contributed by atoms with Crippen molar-refractivity contribution in [2.75, 3.05) is 25.1 Å². The first kappa shape index (κ1) is 13.2. The lowest BCUT2D eigenvalue weighted by molar-refractivity contribution is 0.304. The molecule has 2 aromatic rings. The van der Waals surface area contributed by atoms with Gasteiger partial charge in [0.15, 0.2) is 0 Å². The molecule has 0 aliphatic heterocycles. The summed E-state index contributed by atoms with van der Waals surface area (Å²) in [7, 11) is 1.96. The molecule has 0 aliphatic rings. The molecule has 0 fully saturated rings. The minimum atomic E-state index is 0.159. The van der Waals surface area contributed by atoms with Gasteiger partial charge in [-0.05, 0) is 29.8 Å². The van der Waals surface area contributed by atoms with Gasteiger partial charge in [0.25, 0.3) is 0 Å². The largest absolute Gasteiger partial charge is 0.395 e. The van der Waals surface area contributed by atoms with Crippen LogP contribution in [-0.4, -0.2) is 35.3 Å². The van der Waals surface area contributed by atoms with Gasteiger partial charge in [-0.1, -0.05) is 18.2 Å². The van der Waals surface area contributed by atoms with Gasteiger partial charge in [-0.2, -0.15) is 0 Å². The number of aliphatic hydroxyl groups excluding tert-OH is 1. The number of hydrogen-bond donors (Lipinski definition) is 1. The number of aliphatic hydroxyl groups is 1. The van der Waals surface area contributed by atoms with Crippen LogP contribution in [0.2, 0.25) is 0 Å². The van der Waals surface area contributed by atoms with Crippen LogP contribution in [0.1, 0.15) is 11.3 Å². The average molecular weight is 255 g/mol. The number of nitrogens with zero attached hydrogens (tertiary/aromatic N) is 3. The molecule has 2 rings (SSSR count). The summed E-state index contributed by atoms with van der Waals surface area (Å²) in [4.78, 5) is 10.0. The predicted molar refractivity (Wildman–Crippen MR) is 77.8 cm³/mol. The minimum Gasteiger partial charge on any atom is -0.395 e. The van der Waals surface area contributed by atoms with Crippen LogP contribution in [0.15, 0.2) is 42.9 Å². The summed E-state index contributed by atoms with van der Waals surface area (Å²) in [6.07, 6.45) is 7.22. The molecule has 0 aliphatic carbocycles. The van der Waals surface area contributed by atoms with E-state index in [2.05, 4.69) is 9.97 Å². The summed E-state index contributed by atoms with van der Waals surface area (Å²) in [5, 5.41) is 8.90. The second kappa shape index (κ2) is 6.66. The fourth-order valence-electron chi connectivity index (χ4n) is 1.70. The number of aromatic nitrogens is 2. The van der Waals surface area contributed by atoms with Crippen LogP contribution in [0.4, 0.5) is 5.69 Å². The molecule has 0 spiro atoms. The van der Waals surface area contributed by atoms with E-state index >= 15 is 0 Å². The highest BCUT2D eigenvalue weighted by Gasteiger charge is 1.98. The molecule has 1 N–H and O–H groups in total. The van der Waals surface area contributed by atoms with Gasteiger partial charge >= 0.3 is 0 Å². The molecule has 4 heteroatoms. The zero-order valence-electron chi connectivity index (χ0n) is 10.9. The van der Waals surface area contributed by atoms with Gasteiger partial charge in [0.2, 0.25) is 0 Å². The third kappa shape index (κ3) is 3.89. The fourth-order valence-corrected chi connectivity index (χ4v) is 1.70. The SMILES string of the molecule is CN(CCO)c1ccc(/C=C/c2ccncn2)cc1. The molecule has 0 atom stereocenters. The standard InChI is InChI=1S/C15H17N3O/c1-18(10-11-19)15-6-3-13(4-7-15)2-5-14-8-9-16-12-17-14/h2-9,12,19H,10-11H2,1H3/b5-2+. The molecule has 0 saturated carbocycles. The number of rotatable bonds is 5. The Balaban J connectivity index is 2.05. The van der Waals surface area contributed by atoms with Crippen molar-refractivity contribution in [1.29, 1.82) is 0 Å². The van der Waals surface area contributed by atoms with Crippen molar-refractivity contribution >= 4 is 17.8 Å². The Morgan fingerprint density at radius 2 is 1.95 bits per heavy atom. The first-order valence-corrected chi connectivity index (χ1v) is 6.16. The van der Waals surface area contributed by atoms with Crippen molar-refractivity contribution in [3.05, 3.63) is 54.1 Å². The van der Waals surface area contributed by atoms with E-state index in [1.54, 1.807) is 6.20 Å². The summed E-state index contributed by atoms with van der Waals surface area (Å²) in [5.41, 5.74) is 3.09. The molecular formula is C15H17N3O. The Labute approximate surface area is 113 Å². The van der Waals surface area contributed by atoms with Crippen LogP contribution in [0.3, 0.4) is 0 Å². The first-order chi connectivity index (χ1) is 9.29. The molecule has 19 heavy (non-hydrogen) atoms. The van der Waals surface area contributed by atoms with E-state index in [4.69, 9.17) is 5.11 Å². The topological polar surface area (TPSA) is 49.2 Å². The third-order valence-electron chi connectivity index (χ3n) is 2.82. The van der Waals surface area contributed by atoms with Crippen LogP contribution >= 0.6 is 0 Å². The lowest BCUT2D eigenvalue weighted by atomic mass is 10.1. The summed E-state index contributed by atoms with van der Waals surface area (Å²) < 4.78 is 0. The van der Waals surface area contributed by atoms with Crippen molar-refractivity contribution in [3.63, 3.8) is 0 Å². The Morgan fingerprint density at radius 3 is 2.58 bits per heavy atom. The molecule has 1 heterocycles. The van der Waals surface area contributed by atoms with Crippen molar-refractivity contribution < 1.29 is 5.11 Å². The second-order valence-electron chi connectivity index (χ2n) is 4.20. The van der Waals surface area contributed by atoms with Gasteiger partial charge in [-0.15, -0.1) is 0 Å². The van der Waals surface area contributed by atoms with E-state index in [9.17, 15) is 0 Å². The minimum absolute atomic E-state index is 0.159. The Bertz CT molecular complexity index is 523. The first-order valence-electron chi connectivity index (χ1n) is 6.16. The van der Waals surface area contributed by atoms with Gasteiger partial charge in [0.1, 0.15) is 6.33 Å². The molecule has 1 aromatic carbocycles. The number of hydrogen-bond acceptors (Lipinski definition) is 4. The van der Waals surface area contributed by atoms with Crippen LogP contribution in [0.5, 0.6) is 0 Å². The molecule has 0 saturated heterocycles. The highest BCUT2D eigenvalue weighted by molar-refractivity contribution is 5.68. The van der Waals surface area contributed by atoms with Gasteiger partial charge < -0.3 is 10.0 Å². The molecule has 4 nitrogen and oxygen atoms in total. The Hall–Kier alpha value is -2.20. The molecular weight excluding hydrogens is 238 g/mol. The van der Waals surface area contributed by atoms with Crippen molar-refractivity contribution in [1.82, 2.24) is 9.97 Å². The third-order valence-corrected chi connectivity index (χ3v) is 2.82. The Morgan fingerprint density at radius 1 is 1.16 bits per heavy atom. The summed E-state index contributed by atoms with van der Waals surface area (Å²) in [6, 6.07) is 10.0. The maximum Gasteiger partial charge on any atom is 0.115 e. The van der Waals surface area contributed by atoms with E-state index in [0.717, 1.165) is 16.9 Å². The maximum atomic E-state index is 8.90. The van der Waals surface area contributed by atoms with Crippen molar-refractivity contribution in [2.45, 2.75) is 0 Å². The zero-order chi connectivity index (χ0) is 13.5. The van der Waals surface area contributed by atoms with E-state index in [0.29, 0.717) is 6.54 Å². The highest BCUT2D eigenvalue weighted by atomic mass is 16.3. The van der Waals surface area contributed by atoms with Crippen LogP contribution in [-0.2, 0) is 0 Å². The molecule has 1 aromatic heterocycles. The second-order valence-corrected chi connectivity index (χ2v) is 4.20. The van der Waals surface area contributed by atoms with Crippen LogP contribution < -0.4 is 4.90 Å². The molecule has 0 unspecified atom stereocenters. The lowest BCUT2D eigenvalue weighted by Gasteiger charge is -2.17. The van der Waals surface area contributed by atoms with E-state index in [-0.39, 0.29) is 6.61 Å². The smallest absolute Gasteiger partial charge is 0.115 e. The lowest BCUT2D eigenvalue weighted by Crippen LogP contribution is -2.20. The van der Waals surface area contributed by atoms with Gasteiger partial charge in [0, 0.05) is 25.5 Å². The summed E-state index contributed by atoms with van der Waals surface area (Å²) in [6.45, 7) is 0.794. The quantitative estimate of drug-likeness (QED) is 0.888. The fraction of sp³-hybridized carbons (Fsp3) is 0.200. The molecule has 0 radical (unpaired) electrons. The summed E-state index contributed by atoms with van der Waals surface area (Å²) in [5.74, 6) is 0.